The molecule has 0 atom stereocenters. The number of halogens is 1. The van der Waals surface area contributed by atoms with Crippen LogP contribution in [-0.4, -0.2) is 25.1 Å². The first-order valence-electron chi connectivity index (χ1n) is 12.6. The maximum Gasteiger partial charge on any atom is 0.104 e. The van der Waals surface area contributed by atoms with Crippen LogP contribution in [0.1, 0.15) is 96.4 Å². The molecular formula is C23H42ClN. The Morgan fingerprint density at radius 3 is 1.64 bits per heavy atom. The second-order valence-corrected chi connectivity index (χ2v) is 7.81. The molecule has 0 spiro atoms. The number of rotatable bonds is 15. The topological polar surface area (TPSA) is 0 Å². The standard InChI is InChI=1S/C23H42N.ClH/c1-4-5-6-7-8-9-10-11-12-13-14-18-21-24(2,3)22-23-19-16-15-17-20-23;/h15-17,19-20H,4-14,18,21-22H2,1-3H3;1H/q+1;/p-1/i15D,16D,17D,19D,20D;. The summed E-state index contributed by atoms with van der Waals surface area (Å²) in [6.45, 7) is 3.68. The Balaban J connectivity index is 0.00000841. The van der Waals surface area contributed by atoms with Crippen molar-refractivity contribution < 1.29 is 23.7 Å². The minimum Gasteiger partial charge on any atom is -1.00 e. The average molecular weight is 373 g/mol. The first-order valence-corrected chi connectivity index (χ1v) is 10.1. The lowest BCUT2D eigenvalue weighted by molar-refractivity contribution is -0.903. The number of benzene rings is 1. The van der Waals surface area contributed by atoms with Crippen LogP contribution in [0.3, 0.4) is 0 Å². The summed E-state index contributed by atoms with van der Waals surface area (Å²) >= 11 is 0. The number of unbranched alkanes of at least 4 members (excludes halogenated alkanes) is 11. The van der Waals surface area contributed by atoms with Crippen molar-refractivity contribution in [3.63, 3.8) is 0 Å². The van der Waals surface area contributed by atoms with E-state index in [1.807, 2.05) is 0 Å². The van der Waals surface area contributed by atoms with Crippen LogP contribution >= 0.6 is 0 Å². The first-order chi connectivity index (χ1) is 13.7. The zero-order valence-electron chi connectivity index (χ0n) is 21.7. The molecule has 0 aliphatic heterocycles. The highest BCUT2D eigenvalue weighted by atomic mass is 35.5. The molecule has 0 N–H and O–H groups in total. The SMILES string of the molecule is [2H]c1c([2H])c([2H])c(C[N+](C)(C)CCCCCCCCCCCCCC)c([2H])c1[2H].[Cl-]. The molecule has 0 saturated carbocycles. The van der Waals surface area contributed by atoms with E-state index in [-0.39, 0.29) is 42.6 Å². The van der Waals surface area contributed by atoms with Gasteiger partial charge < -0.3 is 16.9 Å². The van der Waals surface area contributed by atoms with E-state index < -0.39 is 0 Å². The summed E-state index contributed by atoms with van der Waals surface area (Å²) in [5.41, 5.74) is 0.430. The Morgan fingerprint density at radius 1 is 0.720 bits per heavy atom. The Kier molecular flexibility index (Phi) is 10.4. The second kappa shape index (κ2) is 15.7. The van der Waals surface area contributed by atoms with E-state index in [0.717, 1.165) is 13.0 Å². The molecule has 1 rings (SSSR count). The van der Waals surface area contributed by atoms with E-state index >= 15 is 0 Å². The van der Waals surface area contributed by atoms with E-state index in [2.05, 4.69) is 21.0 Å². The van der Waals surface area contributed by atoms with Gasteiger partial charge in [-0.15, -0.1) is 0 Å². The van der Waals surface area contributed by atoms with Gasteiger partial charge in [0.05, 0.1) is 27.5 Å². The van der Waals surface area contributed by atoms with Crippen LogP contribution in [0.4, 0.5) is 0 Å². The van der Waals surface area contributed by atoms with Crippen molar-refractivity contribution in [1.82, 2.24) is 0 Å². The van der Waals surface area contributed by atoms with Gasteiger partial charge in [0.15, 0.2) is 0 Å². The van der Waals surface area contributed by atoms with Crippen LogP contribution in [0, 0.1) is 0 Å². The zero-order valence-corrected chi connectivity index (χ0v) is 17.5. The summed E-state index contributed by atoms with van der Waals surface area (Å²) in [5, 5.41) is 0. The van der Waals surface area contributed by atoms with E-state index in [0.29, 0.717) is 16.6 Å². The van der Waals surface area contributed by atoms with Crippen LogP contribution in [-0.2, 0) is 6.54 Å². The first kappa shape index (κ1) is 16.6. The molecule has 1 aromatic rings. The fourth-order valence-electron chi connectivity index (χ4n) is 3.24. The van der Waals surface area contributed by atoms with Crippen molar-refractivity contribution in [3.8, 4) is 0 Å². The van der Waals surface area contributed by atoms with E-state index in [1.54, 1.807) is 0 Å². The molecule has 0 radical (unpaired) electrons. The molecule has 0 aliphatic carbocycles. The van der Waals surface area contributed by atoms with Gasteiger partial charge in [0.25, 0.3) is 0 Å². The van der Waals surface area contributed by atoms with Gasteiger partial charge in [0, 0.05) is 5.56 Å². The van der Waals surface area contributed by atoms with Gasteiger partial charge in [0.2, 0.25) is 0 Å². The molecule has 0 unspecified atom stereocenters. The lowest BCUT2D eigenvalue weighted by atomic mass is 10.1. The molecular weight excluding hydrogens is 326 g/mol. The lowest BCUT2D eigenvalue weighted by Crippen LogP contribution is -3.00. The summed E-state index contributed by atoms with van der Waals surface area (Å²) in [7, 11) is 4.17. The normalized spacial score (nSPS) is 14.1. The largest absolute Gasteiger partial charge is 1.00 e. The minimum absolute atomic E-state index is 0. The molecule has 0 saturated heterocycles. The predicted molar refractivity (Wildman–Crippen MR) is 108 cm³/mol. The molecule has 0 aromatic heterocycles. The van der Waals surface area contributed by atoms with Crippen molar-refractivity contribution in [2.24, 2.45) is 0 Å². The van der Waals surface area contributed by atoms with Crippen LogP contribution in [0.15, 0.2) is 30.2 Å². The highest BCUT2D eigenvalue weighted by Gasteiger charge is 2.14. The minimum atomic E-state index is -0.310. The van der Waals surface area contributed by atoms with Crippen molar-refractivity contribution in [2.45, 2.75) is 90.5 Å². The Labute approximate surface area is 171 Å². The molecule has 2 heteroatoms. The monoisotopic (exact) mass is 372 g/mol. The summed E-state index contributed by atoms with van der Waals surface area (Å²) < 4.78 is 40.2. The summed E-state index contributed by atoms with van der Waals surface area (Å²) in [5.74, 6) is 0. The molecule has 1 aromatic carbocycles. The van der Waals surface area contributed by atoms with Gasteiger partial charge >= 0.3 is 0 Å². The highest BCUT2D eigenvalue weighted by Crippen LogP contribution is 2.14. The fraction of sp³-hybridized carbons (Fsp3) is 0.739. The van der Waals surface area contributed by atoms with Crippen molar-refractivity contribution in [1.29, 1.82) is 0 Å². The summed E-state index contributed by atoms with van der Waals surface area (Å²) in [6.07, 6.45) is 15.9. The van der Waals surface area contributed by atoms with E-state index in [9.17, 15) is 0 Å². The molecule has 146 valence electrons. The fourth-order valence-corrected chi connectivity index (χ4v) is 3.24. The maximum atomic E-state index is 8.10. The Bertz CT molecular complexity index is 593. The van der Waals surface area contributed by atoms with Gasteiger partial charge in [-0.05, 0) is 12.8 Å². The van der Waals surface area contributed by atoms with Crippen molar-refractivity contribution in [3.05, 3.63) is 35.8 Å². The maximum absolute atomic E-state index is 8.10. The third-order valence-electron chi connectivity index (χ3n) is 4.75. The molecule has 25 heavy (non-hydrogen) atoms. The number of nitrogens with zero attached hydrogens (tertiary/aromatic N) is 1. The van der Waals surface area contributed by atoms with E-state index in [4.69, 9.17) is 6.85 Å². The van der Waals surface area contributed by atoms with Gasteiger partial charge in [-0.25, -0.2) is 0 Å². The molecule has 0 aliphatic rings. The number of hydrogen-bond donors (Lipinski definition) is 0. The molecule has 0 bridgehead atoms. The number of quaternary nitrogens is 1. The van der Waals surface area contributed by atoms with E-state index in [1.165, 1.54) is 70.6 Å². The Morgan fingerprint density at radius 2 is 1.16 bits per heavy atom. The quantitative estimate of drug-likeness (QED) is 0.323. The van der Waals surface area contributed by atoms with Crippen LogP contribution in [0.25, 0.3) is 0 Å². The van der Waals surface area contributed by atoms with Gasteiger partial charge in [0.1, 0.15) is 6.54 Å². The Hall–Kier alpha value is -0.530. The smallest absolute Gasteiger partial charge is 0.104 e. The lowest BCUT2D eigenvalue weighted by Gasteiger charge is -2.30. The van der Waals surface area contributed by atoms with Gasteiger partial charge in [-0.2, -0.15) is 0 Å². The molecule has 1 nitrogen and oxygen atoms in total. The predicted octanol–water partition coefficient (Wildman–Crippen LogP) is 3.97. The number of hydrogen-bond acceptors (Lipinski definition) is 0. The van der Waals surface area contributed by atoms with Gasteiger partial charge in [-0.1, -0.05) is 101 Å². The second-order valence-electron chi connectivity index (χ2n) is 7.81. The van der Waals surface area contributed by atoms with Crippen LogP contribution in [0.2, 0.25) is 0 Å². The highest BCUT2D eigenvalue weighted by molar-refractivity contribution is 5.13. The zero-order chi connectivity index (χ0) is 21.9. The molecule has 0 amide bonds. The van der Waals surface area contributed by atoms with Crippen molar-refractivity contribution >= 4 is 0 Å². The van der Waals surface area contributed by atoms with Crippen LogP contribution in [0.5, 0.6) is 0 Å². The third-order valence-corrected chi connectivity index (χ3v) is 4.75. The average Bonchev–Trinajstić information content (AvgIpc) is 2.69. The summed E-state index contributed by atoms with van der Waals surface area (Å²) in [6, 6.07) is -0.887. The third kappa shape index (κ3) is 14.3. The molecule has 0 fully saturated rings. The molecule has 0 heterocycles. The van der Waals surface area contributed by atoms with Gasteiger partial charge in [-0.3, -0.25) is 0 Å². The van der Waals surface area contributed by atoms with Crippen LogP contribution < -0.4 is 12.4 Å². The van der Waals surface area contributed by atoms with Crippen molar-refractivity contribution in [2.75, 3.05) is 20.6 Å². The summed E-state index contributed by atoms with van der Waals surface area (Å²) in [4.78, 5) is 0.